The lowest BCUT2D eigenvalue weighted by Crippen LogP contribution is -2.10. The van der Waals surface area contributed by atoms with Crippen LogP contribution in [0, 0.1) is 6.92 Å². The smallest absolute Gasteiger partial charge is 0.363 e. The Morgan fingerprint density at radius 3 is 2.59 bits per heavy atom. The molecule has 0 amide bonds. The van der Waals surface area contributed by atoms with Crippen LogP contribution in [-0.2, 0) is 9.53 Å². The summed E-state index contributed by atoms with van der Waals surface area (Å²) in [5.74, 6) is -0.238. The number of ether oxygens (including phenoxy) is 3. The molecule has 0 radical (unpaired) electrons. The summed E-state index contributed by atoms with van der Waals surface area (Å²) in [5.41, 5.74) is 2.82. The van der Waals surface area contributed by atoms with Crippen molar-refractivity contribution in [3.05, 3.63) is 97.6 Å². The van der Waals surface area contributed by atoms with Crippen molar-refractivity contribution in [2.45, 2.75) is 13.8 Å². The summed E-state index contributed by atoms with van der Waals surface area (Å²) in [4.78, 5) is 29.5. The van der Waals surface area contributed by atoms with E-state index >= 15 is 0 Å². The Hall–Kier alpha value is -3.23. The van der Waals surface area contributed by atoms with E-state index in [-0.39, 0.29) is 17.3 Å². The second kappa shape index (κ2) is 10.4. The first kappa shape index (κ1) is 23.9. The number of halogens is 2. The van der Waals surface area contributed by atoms with Gasteiger partial charge in [0.25, 0.3) is 0 Å². The van der Waals surface area contributed by atoms with Gasteiger partial charge in [0.15, 0.2) is 17.2 Å². The van der Waals surface area contributed by atoms with Gasteiger partial charge in [-0.2, -0.15) is 0 Å². The molecule has 1 aliphatic rings. The van der Waals surface area contributed by atoms with Gasteiger partial charge < -0.3 is 14.2 Å². The summed E-state index contributed by atoms with van der Waals surface area (Å²) in [7, 11) is 0. The summed E-state index contributed by atoms with van der Waals surface area (Å²) in [6, 6.07) is 17.9. The van der Waals surface area contributed by atoms with E-state index in [4.69, 9.17) is 14.2 Å². The van der Waals surface area contributed by atoms with Crippen LogP contribution in [0.2, 0.25) is 0 Å². The van der Waals surface area contributed by atoms with Crippen molar-refractivity contribution in [1.82, 2.24) is 0 Å². The van der Waals surface area contributed by atoms with Crippen LogP contribution in [-0.4, -0.2) is 24.4 Å². The zero-order chi connectivity index (χ0) is 24.2. The molecule has 4 rings (SSSR count). The van der Waals surface area contributed by atoms with Crippen molar-refractivity contribution < 1.29 is 23.8 Å². The van der Waals surface area contributed by atoms with E-state index in [1.54, 1.807) is 42.5 Å². The second-order valence-electron chi connectivity index (χ2n) is 7.34. The summed E-state index contributed by atoms with van der Waals surface area (Å²) in [6.07, 6.45) is 1.59. The van der Waals surface area contributed by atoms with Crippen LogP contribution < -0.4 is 9.47 Å². The molecule has 172 valence electrons. The number of carbonyl (C=O) groups is 2. The second-order valence-corrected chi connectivity index (χ2v) is 9.05. The quantitative estimate of drug-likeness (QED) is 0.188. The third-order valence-corrected chi connectivity index (χ3v) is 6.09. The van der Waals surface area contributed by atoms with E-state index in [1.807, 2.05) is 38.1 Å². The van der Waals surface area contributed by atoms with Crippen LogP contribution in [0.15, 0.2) is 80.3 Å². The third kappa shape index (κ3) is 5.29. The van der Waals surface area contributed by atoms with Crippen LogP contribution in [0.25, 0.3) is 6.08 Å². The Kier molecular flexibility index (Phi) is 7.29. The third-order valence-electron chi connectivity index (χ3n) is 4.81. The number of cyclic esters (lactones) is 1. The first-order valence-electron chi connectivity index (χ1n) is 10.4. The maximum atomic E-state index is 12.7. The molecule has 0 fully saturated rings. The molecule has 0 unspecified atom stereocenters. The largest absolute Gasteiger partial charge is 0.490 e. The fraction of sp³-hybridized carbons (Fsp3) is 0.115. The van der Waals surface area contributed by atoms with Crippen molar-refractivity contribution in [3.8, 4) is 11.5 Å². The lowest BCUT2D eigenvalue weighted by Gasteiger charge is -2.14. The molecule has 0 spiro atoms. The predicted octanol–water partition coefficient (Wildman–Crippen LogP) is 6.48. The predicted molar refractivity (Wildman–Crippen MR) is 136 cm³/mol. The van der Waals surface area contributed by atoms with Crippen molar-refractivity contribution in [2.75, 3.05) is 6.61 Å². The SMILES string of the molecule is CCOc1cc(/C=C2\N=C(c3ccccc3Br)OC2=O)cc(Br)c1OC(=O)c1cccc(C)c1. The van der Waals surface area contributed by atoms with E-state index in [9.17, 15) is 9.59 Å². The number of aliphatic imine (C=N–C) groups is 1. The Balaban J connectivity index is 1.66. The van der Waals surface area contributed by atoms with E-state index < -0.39 is 11.9 Å². The van der Waals surface area contributed by atoms with Crippen LogP contribution in [0.3, 0.4) is 0 Å². The lowest BCUT2D eigenvalue weighted by molar-refractivity contribution is -0.129. The van der Waals surface area contributed by atoms with E-state index in [1.165, 1.54) is 0 Å². The number of nitrogens with zero attached hydrogens (tertiary/aromatic N) is 1. The van der Waals surface area contributed by atoms with Gasteiger partial charge in [0, 0.05) is 4.47 Å². The molecule has 1 aliphatic heterocycles. The highest BCUT2D eigenvalue weighted by Gasteiger charge is 2.26. The summed E-state index contributed by atoms with van der Waals surface area (Å²) < 4.78 is 18.0. The van der Waals surface area contributed by atoms with Gasteiger partial charge in [0.1, 0.15) is 0 Å². The highest BCUT2D eigenvalue weighted by molar-refractivity contribution is 9.10. The first-order chi connectivity index (χ1) is 16.4. The molecule has 34 heavy (non-hydrogen) atoms. The molecule has 0 aromatic heterocycles. The maximum Gasteiger partial charge on any atom is 0.363 e. The Labute approximate surface area is 213 Å². The topological polar surface area (TPSA) is 74.2 Å². The number of hydrogen-bond acceptors (Lipinski definition) is 6. The van der Waals surface area contributed by atoms with Crippen molar-refractivity contribution >= 4 is 55.8 Å². The molecule has 0 atom stereocenters. The summed E-state index contributed by atoms with van der Waals surface area (Å²) >= 11 is 6.90. The standard InChI is InChI=1S/C26H19Br2NO5/c1-3-32-22-14-16(12-20(28)23(22)33-25(30)17-8-6-7-15(2)11-17)13-21-26(31)34-24(29-21)18-9-4-5-10-19(18)27/h4-14H,3H2,1-2H3/b21-13-. The minimum atomic E-state index is -0.560. The molecule has 3 aromatic rings. The van der Waals surface area contributed by atoms with Gasteiger partial charge in [-0.25, -0.2) is 14.6 Å². The lowest BCUT2D eigenvalue weighted by atomic mass is 10.1. The minimum Gasteiger partial charge on any atom is -0.490 e. The molecule has 0 saturated carbocycles. The van der Waals surface area contributed by atoms with Crippen LogP contribution in [0.5, 0.6) is 11.5 Å². The number of aryl methyl sites for hydroxylation is 1. The fourth-order valence-corrected chi connectivity index (χ4v) is 4.27. The van der Waals surface area contributed by atoms with Gasteiger partial charge in [0.2, 0.25) is 5.90 Å². The number of rotatable bonds is 6. The van der Waals surface area contributed by atoms with Gasteiger partial charge in [-0.1, -0.05) is 29.8 Å². The van der Waals surface area contributed by atoms with Gasteiger partial charge in [-0.05, 0) is 93.7 Å². The normalized spacial score (nSPS) is 14.1. The average Bonchev–Trinajstić information content (AvgIpc) is 3.16. The van der Waals surface area contributed by atoms with E-state index in [2.05, 4.69) is 36.9 Å². The highest BCUT2D eigenvalue weighted by Crippen LogP contribution is 2.38. The number of esters is 2. The number of benzene rings is 3. The van der Waals surface area contributed by atoms with E-state index in [0.717, 1.165) is 10.0 Å². The highest BCUT2D eigenvalue weighted by atomic mass is 79.9. The monoisotopic (exact) mass is 583 g/mol. The van der Waals surface area contributed by atoms with Gasteiger partial charge >= 0.3 is 11.9 Å². The zero-order valence-corrected chi connectivity index (χ0v) is 21.5. The molecule has 6 nitrogen and oxygen atoms in total. The number of hydrogen-bond donors (Lipinski definition) is 0. The molecular weight excluding hydrogens is 566 g/mol. The fourth-order valence-electron chi connectivity index (χ4n) is 3.27. The van der Waals surface area contributed by atoms with Gasteiger partial charge in [0.05, 0.1) is 22.2 Å². The molecule has 0 bridgehead atoms. The number of carbonyl (C=O) groups excluding carboxylic acids is 2. The summed E-state index contributed by atoms with van der Waals surface area (Å²) in [6.45, 7) is 4.08. The van der Waals surface area contributed by atoms with Crippen molar-refractivity contribution in [2.24, 2.45) is 4.99 Å². The van der Waals surface area contributed by atoms with Crippen LogP contribution >= 0.6 is 31.9 Å². The zero-order valence-electron chi connectivity index (χ0n) is 18.3. The Morgan fingerprint density at radius 1 is 1.06 bits per heavy atom. The Morgan fingerprint density at radius 2 is 1.85 bits per heavy atom. The molecule has 8 heteroatoms. The molecule has 0 saturated heterocycles. The van der Waals surface area contributed by atoms with Crippen LogP contribution in [0.1, 0.15) is 34.0 Å². The molecule has 1 heterocycles. The molecular formula is C26H19Br2NO5. The minimum absolute atomic E-state index is 0.143. The van der Waals surface area contributed by atoms with Gasteiger partial charge in [-0.3, -0.25) is 0 Å². The van der Waals surface area contributed by atoms with Gasteiger partial charge in [-0.15, -0.1) is 0 Å². The van der Waals surface area contributed by atoms with Crippen molar-refractivity contribution in [1.29, 1.82) is 0 Å². The average molecular weight is 585 g/mol. The molecule has 0 N–H and O–H groups in total. The van der Waals surface area contributed by atoms with Crippen LogP contribution in [0.4, 0.5) is 0 Å². The molecule has 3 aromatic carbocycles. The Bertz CT molecular complexity index is 1350. The summed E-state index contributed by atoms with van der Waals surface area (Å²) in [5, 5.41) is 0. The maximum absolute atomic E-state index is 12.7. The van der Waals surface area contributed by atoms with E-state index in [0.29, 0.717) is 33.5 Å². The van der Waals surface area contributed by atoms with Crippen molar-refractivity contribution in [3.63, 3.8) is 0 Å². The first-order valence-corrected chi connectivity index (χ1v) is 12.0. The molecule has 0 aliphatic carbocycles.